The Morgan fingerprint density at radius 1 is 1.61 bits per heavy atom. The van der Waals surface area contributed by atoms with Crippen molar-refractivity contribution in [1.29, 1.82) is 0 Å². The maximum absolute atomic E-state index is 11.3. The van der Waals surface area contributed by atoms with Gasteiger partial charge in [0, 0.05) is 11.6 Å². The molecular weight excluding hydrogens is 238 g/mol. The Morgan fingerprint density at radius 2 is 2.28 bits per heavy atom. The predicted octanol–water partition coefficient (Wildman–Crippen LogP) is 1.05. The minimum Gasteiger partial charge on any atom is -0.481 e. The number of carbonyl (C=O) groups excluding carboxylic acids is 1. The van der Waals surface area contributed by atoms with Crippen LogP contribution in [0.25, 0.3) is 0 Å². The lowest BCUT2D eigenvalue weighted by Gasteiger charge is -2.15. The van der Waals surface area contributed by atoms with Gasteiger partial charge in [-0.1, -0.05) is 6.92 Å². The van der Waals surface area contributed by atoms with Crippen LogP contribution in [0.15, 0.2) is 18.2 Å². The number of aryl methyl sites for hydroxylation is 1. The van der Waals surface area contributed by atoms with Crippen LogP contribution in [0.3, 0.4) is 0 Å². The van der Waals surface area contributed by atoms with Gasteiger partial charge in [-0.3, -0.25) is 20.3 Å². The van der Waals surface area contributed by atoms with Gasteiger partial charge in [-0.2, -0.15) is 0 Å². The third-order valence-electron chi connectivity index (χ3n) is 2.45. The Bertz CT molecular complexity index is 462. The number of rotatable bonds is 5. The number of benzene rings is 1. The Balaban J connectivity index is 2.88. The highest BCUT2D eigenvalue weighted by molar-refractivity contribution is 5.80. The maximum atomic E-state index is 11.3. The Labute approximate surface area is 104 Å². The topological polar surface area (TPSA) is 107 Å². The molecule has 3 N–H and O–H groups in total. The lowest BCUT2D eigenvalue weighted by Crippen LogP contribution is -2.41. The summed E-state index contributed by atoms with van der Waals surface area (Å²) in [6, 6.07) is 4.32. The number of ether oxygens (including phenoxy) is 1. The highest BCUT2D eigenvalue weighted by Crippen LogP contribution is 2.24. The Morgan fingerprint density at radius 3 is 2.72 bits per heavy atom. The van der Waals surface area contributed by atoms with E-state index in [0.717, 1.165) is 0 Å². The number of hydrogen-bond donors (Lipinski definition) is 2. The number of nitrogens with zero attached hydrogens (tertiary/aromatic N) is 1. The second-order valence-electron chi connectivity index (χ2n) is 3.73. The van der Waals surface area contributed by atoms with Gasteiger partial charge in [0.15, 0.2) is 6.10 Å². The van der Waals surface area contributed by atoms with Crippen LogP contribution >= 0.6 is 0 Å². The molecule has 0 radical (unpaired) electrons. The number of nitrogens with two attached hydrogens (primary N) is 1. The first-order valence-corrected chi connectivity index (χ1v) is 5.41. The molecule has 0 spiro atoms. The smallest absolute Gasteiger partial charge is 0.274 e. The molecule has 1 unspecified atom stereocenters. The standard InChI is InChI=1S/C11H15N3O4/c1-3-10(11(15)13-12)18-8-4-5-9(14(16)17)7(2)6-8/h4-6,10H,3,12H2,1-2H3,(H,13,15). The van der Waals surface area contributed by atoms with Gasteiger partial charge in [-0.15, -0.1) is 0 Å². The third-order valence-corrected chi connectivity index (χ3v) is 2.45. The highest BCUT2D eigenvalue weighted by atomic mass is 16.6. The molecule has 1 amide bonds. The van der Waals surface area contributed by atoms with Crippen molar-refractivity contribution in [2.45, 2.75) is 26.4 Å². The van der Waals surface area contributed by atoms with Crippen molar-refractivity contribution < 1.29 is 14.5 Å². The summed E-state index contributed by atoms with van der Waals surface area (Å²) in [6.07, 6.45) is -0.269. The van der Waals surface area contributed by atoms with E-state index < -0.39 is 16.9 Å². The number of nitro benzene ring substituents is 1. The molecule has 0 heterocycles. The van der Waals surface area contributed by atoms with Gasteiger partial charge in [0.1, 0.15) is 5.75 Å². The Hall–Kier alpha value is -2.15. The number of amides is 1. The van der Waals surface area contributed by atoms with E-state index in [-0.39, 0.29) is 5.69 Å². The van der Waals surface area contributed by atoms with Crippen LogP contribution in [0.5, 0.6) is 5.75 Å². The normalized spacial score (nSPS) is 11.7. The fourth-order valence-electron chi connectivity index (χ4n) is 1.49. The van der Waals surface area contributed by atoms with E-state index in [1.807, 2.05) is 5.43 Å². The molecule has 18 heavy (non-hydrogen) atoms. The van der Waals surface area contributed by atoms with E-state index in [1.54, 1.807) is 13.8 Å². The number of nitrogens with one attached hydrogen (secondary N) is 1. The summed E-state index contributed by atoms with van der Waals surface area (Å²) in [5.74, 6) is 4.99. The molecule has 1 rings (SSSR count). The van der Waals surface area contributed by atoms with Crippen LogP contribution in [0, 0.1) is 17.0 Å². The molecule has 0 fully saturated rings. The van der Waals surface area contributed by atoms with Crippen LogP contribution < -0.4 is 16.0 Å². The minimum atomic E-state index is -0.712. The summed E-state index contributed by atoms with van der Waals surface area (Å²) in [5.41, 5.74) is 2.49. The molecule has 1 atom stereocenters. The zero-order valence-corrected chi connectivity index (χ0v) is 10.2. The van der Waals surface area contributed by atoms with Gasteiger partial charge >= 0.3 is 0 Å². The average molecular weight is 253 g/mol. The first-order valence-electron chi connectivity index (χ1n) is 5.41. The number of hydrazine groups is 1. The van der Waals surface area contributed by atoms with E-state index in [4.69, 9.17) is 10.6 Å². The summed E-state index contributed by atoms with van der Waals surface area (Å²) in [7, 11) is 0. The molecule has 7 nitrogen and oxygen atoms in total. The highest BCUT2D eigenvalue weighted by Gasteiger charge is 2.18. The molecule has 1 aromatic carbocycles. The van der Waals surface area contributed by atoms with Crippen molar-refractivity contribution >= 4 is 11.6 Å². The first kappa shape index (κ1) is 13.9. The minimum absolute atomic E-state index is 0.0127. The lowest BCUT2D eigenvalue weighted by atomic mass is 10.2. The molecule has 0 aliphatic carbocycles. The van der Waals surface area contributed by atoms with Crippen molar-refractivity contribution in [2.24, 2.45) is 5.84 Å². The van der Waals surface area contributed by atoms with Crippen molar-refractivity contribution in [3.05, 3.63) is 33.9 Å². The van der Waals surface area contributed by atoms with E-state index in [1.165, 1.54) is 18.2 Å². The van der Waals surface area contributed by atoms with E-state index >= 15 is 0 Å². The number of carbonyl (C=O) groups is 1. The van der Waals surface area contributed by atoms with Crippen LogP contribution in [0.1, 0.15) is 18.9 Å². The molecule has 0 aliphatic rings. The van der Waals surface area contributed by atoms with Crippen molar-refractivity contribution in [1.82, 2.24) is 5.43 Å². The number of hydrogen-bond acceptors (Lipinski definition) is 5. The third kappa shape index (κ3) is 3.17. The summed E-state index contributed by atoms with van der Waals surface area (Å²) in [6.45, 7) is 3.38. The monoisotopic (exact) mass is 253 g/mol. The molecule has 0 saturated carbocycles. The van der Waals surface area contributed by atoms with Crippen LogP contribution in [0.4, 0.5) is 5.69 Å². The molecule has 7 heteroatoms. The molecule has 0 aliphatic heterocycles. The fourth-order valence-corrected chi connectivity index (χ4v) is 1.49. The number of nitro groups is 1. The quantitative estimate of drug-likeness (QED) is 0.353. The van der Waals surface area contributed by atoms with Crippen LogP contribution in [-0.4, -0.2) is 16.9 Å². The zero-order valence-electron chi connectivity index (χ0n) is 10.2. The molecule has 0 bridgehead atoms. The summed E-state index contributed by atoms with van der Waals surface area (Å²) < 4.78 is 5.42. The first-order chi connectivity index (χ1) is 8.49. The van der Waals surface area contributed by atoms with E-state index in [0.29, 0.717) is 17.7 Å². The summed E-state index contributed by atoms with van der Waals surface area (Å²) in [4.78, 5) is 21.5. The molecule has 1 aromatic rings. The maximum Gasteiger partial charge on any atom is 0.274 e. The molecular formula is C11H15N3O4. The predicted molar refractivity (Wildman–Crippen MR) is 64.9 cm³/mol. The largest absolute Gasteiger partial charge is 0.481 e. The lowest BCUT2D eigenvalue weighted by molar-refractivity contribution is -0.385. The zero-order chi connectivity index (χ0) is 13.7. The van der Waals surface area contributed by atoms with Crippen molar-refractivity contribution in [3.63, 3.8) is 0 Å². The average Bonchev–Trinajstić information content (AvgIpc) is 2.34. The van der Waals surface area contributed by atoms with Crippen LogP contribution in [0.2, 0.25) is 0 Å². The van der Waals surface area contributed by atoms with Gasteiger partial charge in [-0.05, 0) is 25.5 Å². The van der Waals surface area contributed by atoms with Crippen molar-refractivity contribution in [3.8, 4) is 5.75 Å². The SMILES string of the molecule is CCC(Oc1ccc([N+](=O)[O-])c(C)c1)C(=O)NN. The van der Waals surface area contributed by atoms with E-state index in [2.05, 4.69) is 0 Å². The molecule has 0 aromatic heterocycles. The summed E-state index contributed by atoms with van der Waals surface area (Å²) in [5, 5.41) is 10.7. The fraction of sp³-hybridized carbons (Fsp3) is 0.364. The van der Waals surface area contributed by atoms with Gasteiger partial charge in [0.05, 0.1) is 4.92 Å². The van der Waals surface area contributed by atoms with E-state index in [9.17, 15) is 14.9 Å². The van der Waals surface area contributed by atoms with Gasteiger partial charge in [0.25, 0.3) is 11.6 Å². The van der Waals surface area contributed by atoms with Crippen molar-refractivity contribution in [2.75, 3.05) is 0 Å². The van der Waals surface area contributed by atoms with Gasteiger partial charge in [0.2, 0.25) is 0 Å². The Kier molecular flexibility index (Phi) is 4.61. The second kappa shape index (κ2) is 5.97. The molecule has 0 saturated heterocycles. The van der Waals surface area contributed by atoms with Crippen LogP contribution in [-0.2, 0) is 4.79 Å². The summed E-state index contributed by atoms with van der Waals surface area (Å²) >= 11 is 0. The van der Waals surface area contributed by atoms with Gasteiger partial charge in [-0.25, -0.2) is 5.84 Å². The van der Waals surface area contributed by atoms with Gasteiger partial charge < -0.3 is 4.74 Å². The second-order valence-corrected chi connectivity index (χ2v) is 3.73. The molecule has 98 valence electrons.